The van der Waals surface area contributed by atoms with Crippen molar-refractivity contribution in [2.24, 2.45) is 0 Å². The summed E-state index contributed by atoms with van der Waals surface area (Å²) < 4.78 is 43.9. The van der Waals surface area contributed by atoms with Crippen molar-refractivity contribution < 1.29 is 22.8 Å². The molecule has 2 amide bonds. The molecule has 9 nitrogen and oxygen atoms in total. The Morgan fingerprint density at radius 3 is 2.45 bits per heavy atom. The molecule has 3 aromatic rings. The summed E-state index contributed by atoms with van der Waals surface area (Å²) >= 11 is 0. The number of rotatable bonds is 5. The van der Waals surface area contributed by atoms with Gasteiger partial charge in [-0.15, -0.1) is 0 Å². The van der Waals surface area contributed by atoms with Crippen molar-refractivity contribution in [1.29, 1.82) is 0 Å². The van der Waals surface area contributed by atoms with Crippen LogP contribution in [0.5, 0.6) is 0 Å². The summed E-state index contributed by atoms with van der Waals surface area (Å²) in [7, 11) is 0. The van der Waals surface area contributed by atoms with Crippen LogP contribution in [0.25, 0.3) is 0 Å². The predicted molar refractivity (Wildman–Crippen MR) is 110 cm³/mol. The lowest BCUT2D eigenvalue weighted by Crippen LogP contribution is -2.62. The molecule has 2 aromatic heterocycles. The van der Waals surface area contributed by atoms with Crippen LogP contribution in [0.4, 0.5) is 19.0 Å². The number of pyridine rings is 1. The van der Waals surface area contributed by atoms with Crippen molar-refractivity contribution >= 4 is 17.6 Å². The van der Waals surface area contributed by atoms with Gasteiger partial charge in [0.05, 0.1) is 5.56 Å². The first-order valence-corrected chi connectivity index (χ1v) is 9.67. The zero-order chi connectivity index (χ0) is 23.8. The molecule has 4 rings (SSSR count). The van der Waals surface area contributed by atoms with Crippen LogP contribution in [-0.2, 0) is 23.3 Å². The lowest BCUT2D eigenvalue weighted by Gasteiger charge is -2.30. The van der Waals surface area contributed by atoms with Crippen molar-refractivity contribution in [2.75, 3.05) is 5.32 Å². The minimum absolute atomic E-state index is 0.132. The number of fused-ring (bicyclic) bond motifs is 1. The number of aryl methyl sites for hydroxylation is 1. The molecule has 0 fully saturated rings. The lowest BCUT2D eigenvalue weighted by atomic mass is 9.91. The zero-order valence-electron chi connectivity index (χ0n) is 16.8. The quantitative estimate of drug-likeness (QED) is 0.531. The number of H-pyrrole nitrogens is 1. The number of benzene rings is 1. The van der Waals surface area contributed by atoms with Gasteiger partial charge in [0.2, 0.25) is 0 Å². The van der Waals surface area contributed by atoms with E-state index in [-0.39, 0.29) is 18.5 Å². The van der Waals surface area contributed by atoms with E-state index >= 15 is 0 Å². The highest BCUT2D eigenvalue weighted by atomic mass is 19.4. The topological polar surface area (TPSA) is 126 Å². The van der Waals surface area contributed by atoms with E-state index in [9.17, 15) is 32.3 Å². The molecule has 1 atom stereocenters. The second-order valence-corrected chi connectivity index (χ2v) is 7.27. The van der Waals surface area contributed by atoms with Gasteiger partial charge in [-0.25, -0.2) is 4.79 Å². The van der Waals surface area contributed by atoms with E-state index < -0.39 is 46.2 Å². The van der Waals surface area contributed by atoms with E-state index in [1.54, 1.807) is 35.6 Å². The molecule has 3 N–H and O–H groups in total. The van der Waals surface area contributed by atoms with Crippen molar-refractivity contribution in [2.45, 2.75) is 24.7 Å². The fraction of sp³-hybridized carbons (Fsp3) is 0.190. The molecule has 3 heterocycles. The van der Waals surface area contributed by atoms with Gasteiger partial charge < -0.3 is 10.6 Å². The summed E-state index contributed by atoms with van der Waals surface area (Å²) in [5.74, 6) is -3.59. The SMILES string of the molecule is O=C(NC1(C(F)(F)F)C(=O)Nc2c1c(=O)[nH]c(=O)n2CCc1ccccc1)c1cccnc1. The average Bonchev–Trinajstić information content (AvgIpc) is 3.08. The average molecular weight is 459 g/mol. The standard InChI is InChI=1S/C21H16F3N5O4/c22-21(23,24)20(28-16(30)13-7-4-9-25-11-13)14-15(26-18(20)32)29(19(33)27-17(14)31)10-8-12-5-2-1-3-6-12/h1-7,9,11H,8,10H2,(H,26,32)(H,28,30)(H,27,31,33). The van der Waals surface area contributed by atoms with Gasteiger partial charge in [0, 0.05) is 18.9 Å². The molecule has 1 aliphatic heterocycles. The van der Waals surface area contributed by atoms with E-state index in [1.807, 2.05) is 10.3 Å². The van der Waals surface area contributed by atoms with Crippen LogP contribution in [0, 0.1) is 0 Å². The molecule has 0 saturated heterocycles. The maximum atomic E-state index is 14.4. The Bertz CT molecular complexity index is 1340. The van der Waals surface area contributed by atoms with Crippen molar-refractivity contribution in [3.05, 3.63) is 92.4 Å². The normalized spacial score (nSPS) is 17.4. The van der Waals surface area contributed by atoms with Gasteiger partial charge in [-0.05, 0) is 24.1 Å². The van der Waals surface area contributed by atoms with E-state index in [0.717, 1.165) is 16.3 Å². The Balaban J connectivity index is 1.84. The highest BCUT2D eigenvalue weighted by molar-refractivity contribution is 6.09. The number of alkyl halides is 3. The third-order valence-corrected chi connectivity index (χ3v) is 5.26. The van der Waals surface area contributed by atoms with Crippen LogP contribution in [-0.4, -0.2) is 32.5 Å². The zero-order valence-corrected chi connectivity index (χ0v) is 16.8. The van der Waals surface area contributed by atoms with Crippen molar-refractivity contribution in [1.82, 2.24) is 19.9 Å². The Morgan fingerprint density at radius 1 is 1.09 bits per heavy atom. The van der Waals surface area contributed by atoms with Gasteiger partial charge in [0.1, 0.15) is 11.4 Å². The van der Waals surface area contributed by atoms with Crippen molar-refractivity contribution in [3.63, 3.8) is 0 Å². The Hall–Kier alpha value is -4.22. The number of hydrogen-bond donors (Lipinski definition) is 3. The molecule has 0 spiro atoms. The number of halogens is 3. The molecule has 0 radical (unpaired) electrons. The first kappa shape index (κ1) is 22.0. The molecule has 1 aromatic carbocycles. The van der Waals surface area contributed by atoms with Crippen molar-refractivity contribution in [3.8, 4) is 0 Å². The maximum Gasteiger partial charge on any atom is 0.425 e. The van der Waals surface area contributed by atoms with E-state index in [4.69, 9.17) is 0 Å². The number of nitrogens with zero attached hydrogens (tertiary/aromatic N) is 2. The number of anilines is 1. The molecule has 0 aliphatic carbocycles. The van der Waals surface area contributed by atoms with Gasteiger partial charge in [-0.1, -0.05) is 30.3 Å². The largest absolute Gasteiger partial charge is 0.425 e. The van der Waals surface area contributed by atoms with Gasteiger partial charge >= 0.3 is 11.9 Å². The fourth-order valence-electron chi connectivity index (χ4n) is 3.66. The first-order chi connectivity index (χ1) is 15.6. The number of aromatic nitrogens is 3. The summed E-state index contributed by atoms with van der Waals surface area (Å²) in [6.07, 6.45) is -2.85. The third kappa shape index (κ3) is 3.69. The van der Waals surface area contributed by atoms with E-state index in [0.29, 0.717) is 0 Å². The summed E-state index contributed by atoms with van der Waals surface area (Å²) in [6, 6.07) is 11.3. The minimum atomic E-state index is -5.41. The van der Waals surface area contributed by atoms with Crippen LogP contribution >= 0.6 is 0 Å². The molecule has 1 aliphatic rings. The number of hydrogen-bond acceptors (Lipinski definition) is 5. The molecule has 33 heavy (non-hydrogen) atoms. The van der Waals surface area contributed by atoms with Crippen LogP contribution in [0.3, 0.4) is 0 Å². The summed E-state index contributed by atoms with van der Waals surface area (Å²) in [6.45, 7) is -0.132. The summed E-state index contributed by atoms with van der Waals surface area (Å²) in [5, 5.41) is 3.66. The van der Waals surface area contributed by atoms with E-state index in [2.05, 4.69) is 4.98 Å². The van der Waals surface area contributed by atoms with Crippen LogP contribution in [0.2, 0.25) is 0 Å². The van der Waals surface area contributed by atoms with Crippen LogP contribution in [0.1, 0.15) is 21.5 Å². The minimum Gasteiger partial charge on any atom is -0.326 e. The number of carbonyl (C=O) groups is 2. The smallest absolute Gasteiger partial charge is 0.326 e. The summed E-state index contributed by atoms with van der Waals surface area (Å²) in [5.41, 5.74) is -6.72. The predicted octanol–water partition coefficient (Wildman–Crippen LogP) is 1.31. The van der Waals surface area contributed by atoms with Gasteiger partial charge in [-0.2, -0.15) is 13.2 Å². The number of amides is 2. The first-order valence-electron chi connectivity index (χ1n) is 9.67. The fourth-order valence-corrected chi connectivity index (χ4v) is 3.66. The monoisotopic (exact) mass is 459 g/mol. The van der Waals surface area contributed by atoms with E-state index in [1.165, 1.54) is 18.3 Å². The van der Waals surface area contributed by atoms with Crippen LogP contribution in [0.15, 0.2) is 64.4 Å². The molecule has 0 bridgehead atoms. The molecular formula is C21H16F3N5O4. The Kier molecular flexibility index (Phi) is 5.36. The van der Waals surface area contributed by atoms with Gasteiger partial charge in [-0.3, -0.25) is 28.9 Å². The van der Waals surface area contributed by atoms with Crippen LogP contribution < -0.4 is 21.9 Å². The van der Waals surface area contributed by atoms with Gasteiger partial charge in [0.25, 0.3) is 22.9 Å². The summed E-state index contributed by atoms with van der Waals surface area (Å²) in [4.78, 5) is 55.8. The molecule has 0 saturated carbocycles. The number of nitrogens with one attached hydrogen (secondary N) is 3. The number of aromatic amines is 1. The van der Waals surface area contributed by atoms with Gasteiger partial charge in [0.15, 0.2) is 0 Å². The molecule has 12 heteroatoms. The molecular weight excluding hydrogens is 443 g/mol. The Morgan fingerprint density at radius 2 is 1.82 bits per heavy atom. The molecule has 1 unspecified atom stereocenters. The second kappa shape index (κ2) is 8.04. The molecule has 170 valence electrons. The maximum absolute atomic E-state index is 14.4. The second-order valence-electron chi connectivity index (χ2n) is 7.27. The lowest BCUT2D eigenvalue weighted by molar-refractivity contribution is -0.196. The third-order valence-electron chi connectivity index (χ3n) is 5.26. The Labute approximate surface area is 183 Å². The highest BCUT2D eigenvalue weighted by Gasteiger charge is 2.68. The highest BCUT2D eigenvalue weighted by Crippen LogP contribution is 2.45. The number of carbonyl (C=O) groups excluding carboxylic acids is 2.